The molecular weight excluding hydrogens is 372 g/mol. The lowest BCUT2D eigenvalue weighted by atomic mass is 10.2. The van der Waals surface area contributed by atoms with Crippen LogP contribution in [0.5, 0.6) is 0 Å². The Hall–Kier alpha value is -1.29. The molecule has 1 heterocycles. The third kappa shape index (κ3) is 4.84. The van der Waals surface area contributed by atoms with Crippen molar-refractivity contribution >= 4 is 39.3 Å². The van der Waals surface area contributed by atoms with Gasteiger partial charge >= 0.3 is 0 Å². The summed E-state index contributed by atoms with van der Waals surface area (Å²) in [6.07, 6.45) is 2.20. The van der Waals surface area contributed by atoms with Crippen LogP contribution in [0.25, 0.3) is 6.08 Å². The van der Waals surface area contributed by atoms with E-state index in [-0.39, 0.29) is 0 Å². The quantitative estimate of drug-likeness (QED) is 0.731. The maximum atomic E-state index is 5.96. The van der Waals surface area contributed by atoms with E-state index in [0.717, 1.165) is 37.7 Å². The average molecular weight is 392 g/mol. The fourth-order valence-electron chi connectivity index (χ4n) is 2.81. The molecule has 0 N–H and O–H groups in total. The Kier molecular flexibility index (Phi) is 5.76. The third-order valence-electron chi connectivity index (χ3n) is 4.06. The molecule has 0 aromatic heterocycles. The summed E-state index contributed by atoms with van der Waals surface area (Å²) in [7, 11) is 0. The first-order valence-corrected chi connectivity index (χ1v) is 9.02. The van der Waals surface area contributed by atoms with Gasteiger partial charge in [-0.25, -0.2) is 0 Å². The molecule has 0 unspecified atom stereocenters. The van der Waals surface area contributed by atoms with Gasteiger partial charge in [-0.1, -0.05) is 57.9 Å². The van der Waals surface area contributed by atoms with E-state index in [1.165, 1.54) is 15.7 Å². The van der Waals surface area contributed by atoms with E-state index in [4.69, 9.17) is 11.6 Å². The second kappa shape index (κ2) is 8.00. The zero-order valence-electron chi connectivity index (χ0n) is 13.0. The van der Waals surface area contributed by atoms with Crippen LogP contribution in [0.15, 0.2) is 59.1 Å². The number of hydrogen-bond acceptors (Lipinski definition) is 2. The topological polar surface area (TPSA) is 6.48 Å². The third-order valence-corrected chi connectivity index (χ3v) is 4.79. The summed E-state index contributed by atoms with van der Waals surface area (Å²) in [4.78, 5) is 4.90. The number of hydrogen-bond donors (Lipinski definition) is 0. The molecule has 2 nitrogen and oxygen atoms in total. The molecule has 1 aliphatic rings. The van der Waals surface area contributed by atoms with Gasteiger partial charge in [0.1, 0.15) is 0 Å². The minimum absolute atomic E-state index is 0.794. The largest absolute Gasteiger partial charge is 0.369 e. The summed E-state index contributed by atoms with van der Waals surface area (Å²) in [5.41, 5.74) is 2.49. The molecule has 23 heavy (non-hydrogen) atoms. The molecule has 1 saturated heterocycles. The molecule has 0 amide bonds. The van der Waals surface area contributed by atoms with Crippen LogP contribution >= 0.6 is 27.5 Å². The Morgan fingerprint density at radius 2 is 1.61 bits per heavy atom. The predicted molar refractivity (Wildman–Crippen MR) is 103 cm³/mol. The molecule has 2 aromatic carbocycles. The van der Waals surface area contributed by atoms with Crippen LogP contribution in [0.3, 0.4) is 0 Å². The van der Waals surface area contributed by atoms with E-state index in [1.54, 1.807) is 0 Å². The second-order valence-electron chi connectivity index (χ2n) is 5.74. The molecule has 120 valence electrons. The summed E-state index contributed by atoms with van der Waals surface area (Å²) >= 11 is 9.67. The van der Waals surface area contributed by atoms with Crippen molar-refractivity contribution in [2.45, 2.75) is 0 Å². The molecule has 0 aliphatic carbocycles. The minimum Gasteiger partial charge on any atom is -0.369 e. The van der Waals surface area contributed by atoms with E-state index < -0.39 is 0 Å². The molecule has 4 heteroatoms. The smallest absolute Gasteiger partial charge is 0.0407 e. The van der Waals surface area contributed by atoms with Gasteiger partial charge < -0.3 is 4.90 Å². The Bertz CT molecular complexity index is 647. The second-order valence-corrected chi connectivity index (χ2v) is 7.20. The highest BCUT2D eigenvalue weighted by Gasteiger charge is 2.17. The van der Waals surface area contributed by atoms with Crippen molar-refractivity contribution in [3.05, 3.63) is 69.7 Å². The maximum Gasteiger partial charge on any atom is 0.0407 e. The highest BCUT2D eigenvalue weighted by atomic mass is 79.9. The number of benzene rings is 2. The van der Waals surface area contributed by atoms with Crippen molar-refractivity contribution in [1.29, 1.82) is 0 Å². The first-order chi connectivity index (χ1) is 11.2. The van der Waals surface area contributed by atoms with Crippen LogP contribution in [0.1, 0.15) is 5.56 Å². The van der Waals surface area contributed by atoms with Gasteiger partial charge in [0, 0.05) is 47.9 Å². The van der Waals surface area contributed by atoms with Crippen molar-refractivity contribution in [2.24, 2.45) is 0 Å². The Labute approximate surface area is 151 Å². The molecule has 0 radical (unpaired) electrons. The van der Waals surface area contributed by atoms with E-state index >= 15 is 0 Å². The van der Waals surface area contributed by atoms with Gasteiger partial charge in [-0.3, -0.25) is 4.90 Å². The van der Waals surface area contributed by atoms with Crippen molar-refractivity contribution in [3.63, 3.8) is 0 Å². The molecule has 0 bridgehead atoms. The van der Waals surface area contributed by atoms with Gasteiger partial charge in [0.25, 0.3) is 0 Å². The van der Waals surface area contributed by atoms with Crippen molar-refractivity contribution < 1.29 is 0 Å². The predicted octanol–water partition coefficient (Wildman–Crippen LogP) is 4.90. The Balaban J connectivity index is 1.53. The molecule has 1 aliphatic heterocycles. The van der Waals surface area contributed by atoms with Crippen LogP contribution in [0.2, 0.25) is 5.02 Å². The van der Waals surface area contributed by atoms with Crippen molar-refractivity contribution in [1.82, 2.24) is 4.90 Å². The molecule has 2 aromatic rings. The van der Waals surface area contributed by atoms with E-state index in [9.17, 15) is 0 Å². The van der Waals surface area contributed by atoms with Crippen molar-refractivity contribution in [2.75, 3.05) is 37.6 Å². The number of halogens is 2. The summed E-state index contributed by atoms with van der Waals surface area (Å²) in [5.74, 6) is 0. The van der Waals surface area contributed by atoms with Gasteiger partial charge in [-0.05, 0) is 35.9 Å². The SMILES string of the molecule is Clc1ccc(N2CCN(C/C(Br)=C/c3ccccc3)CC2)cc1. The fourth-order valence-corrected chi connectivity index (χ4v) is 3.55. The number of piperazine rings is 1. The molecule has 3 rings (SSSR count). The summed E-state index contributed by atoms with van der Waals surface area (Å²) in [6, 6.07) is 18.5. The summed E-state index contributed by atoms with van der Waals surface area (Å²) < 4.78 is 1.23. The highest BCUT2D eigenvalue weighted by Crippen LogP contribution is 2.20. The molecule has 0 spiro atoms. The molecule has 0 atom stereocenters. The van der Waals surface area contributed by atoms with Crippen LogP contribution < -0.4 is 4.90 Å². The van der Waals surface area contributed by atoms with Crippen LogP contribution in [0, 0.1) is 0 Å². The van der Waals surface area contributed by atoms with Crippen LogP contribution in [0.4, 0.5) is 5.69 Å². The first kappa shape index (κ1) is 16.6. The highest BCUT2D eigenvalue weighted by molar-refractivity contribution is 9.11. The standard InChI is InChI=1S/C19H20BrClN2/c20-17(14-16-4-2-1-3-5-16)15-22-10-12-23(13-11-22)19-8-6-18(21)7-9-19/h1-9,14H,10-13,15H2/b17-14-. The lowest BCUT2D eigenvalue weighted by Gasteiger charge is -2.36. The van der Waals surface area contributed by atoms with Crippen LogP contribution in [-0.4, -0.2) is 37.6 Å². The van der Waals surface area contributed by atoms with Gasteiger partial charge in [-0.15, -0.1) is 0 Å². The minimum atomic E-state index is 0.794. The summed E-state index contributed by atoms with van der Waals surface area (Å²) in [5, 5.41) is 0.794. The lowest BCUT2D eigenvalue weighted by Crippen LogP contribution is -2.46. The van der Waals surface area contributed by atoms with Gasteiger partial charge in [0.15, 0.2) is 0 Å². The van der Waals surface area contributed by atoms with E-state index in [0.29, 0.717) is 0 Å². The zero-order chi connectivity index (χ0) is 16.1. The fraction of sp³-hybridized carbons (Fsp3) is 0.263. The first-order valence-electron chi connectivity index (χ1n) is 7.85. The molecule has 0 saturated carbocycles. The van der Waals surface area contributed by atoms with E-state index in [2.05, 4.69) is 68.2 Å². The Morgan fingerprint density at radius 1 is 0.957 bits per heavy atom. The number of nitrogens with zero attached hydrogens (tertiary/aromatic N) is 2. The monoisotopic (exact) mass is 390 g/mol. The van der Waals surface area contributed by atoms with Gasteiger partial charge in [0.2, 0.25) is 0 Å². The van der Waals surface area contributed by atoms with Gasteiger partial charge in [-0.2, -0.15) is 0 Å². The lowest BCUT2D eigenvalue weighted by molar-refractivity contribution is 0.283. The normalized spacial score (nSPS) is 16.6. The van der Waals surface area contributed by atoms with E-state index in [1.807, 2.05) is 18.2 Å². The van der Waals surface area contributed by atoms with Crippen molar-refractivity contribution in [3.8, 4) is 0 Å². The molecular formula is C19H20BrClN2. The zero-order valence-corrected chi connectivity index (χ0v) is 15.3. The number of rotatable bonds is 4. The average Bonchev–Trinajstić information content (AvgIpc) is 2.57. The Morgan fingerprint density at radius 3 is 2.26 bits per heavy atom. The van der Waals surface area contributed by atoms with Gasteiger partial charge in [0.05, 0.1) is 0 Å². The summed E-state index contributed by atoms with van der Waals surface area (Å²) in [6.45, 7) is 5.20. The maximum absolute atomic E-state index is 5.96. The molecule has 1 fully saturated rings. The number of anilines is 1. The van der Waals surface area contributed by atoms with Crippen LogP contribution in [-0.2, 0) is 0 Å².